The van der Waals surface area contributed by atoms with E-state index in [0.717, 1.165) is 44.9 Å². The highest BCUT2D eigenvalue weighted by molar-refractivity contribution is 5.73. The lowest BCUT2D eigenvalue weighted by atomic mass is 9.33. The standard InChI is InChI=1S/C47H76O18/c1-42(2)16-22-21-8-9-26-44(4)12-11-28(45(5,20-49)25(44)10-13-47(26,7)46(21,6)15-14-43(22,3)27(51)17-42)62-41-37(33(56)32(55)35(63-41)38(58)59)65-40-36(31(54)30(53)24(18-48)61-40)64-39-34(57)29(52)23(50)19-60-39/h8,22-37,39-41,48-57H,9-20H2,1-7H3,(H,58,59). The zero-order valence-corrected chi connectivity index (χ0v) is 38.8. The van der Waals surface area contributed by atoms with Gasteiger partial charge in [-0.25, -0.2) is 4.79 Å². The van der Waals surface area contributed by atoms with Crippen LogP contribution in [0.1, 0.15) is 106 Å². The van der Waals surface area contributed by atoms with Gasteiger partial charge >= 0.3 is 5.97 Å². The second-order valence-corrected chi connectivity index (χ2v) is 23.2. The molecule has 3 heterocycles. The van der Waals surface area contributed by atoms with Crippen LogP contribution >= 0.6 is 0 Å². The van der Waals surface area contributed by atoms with Crippen LogP contribution in [0.4, 0.5) is 0 Å². The minimum Gasteiger partial charge on any atom is -0.479 e. The predicted molar refractivity (Wildman–Crippen MR) is 226 cm³/mol. The third-order valence-electron chi connectivity index (χ3n) is 19.1. The van der Waals surface area contributed by atoms with Gasteiger partial charge in [0.15, 0.2) is 25.0 Å². The lowest BCUT2D eigenvalue weighted by molar-refractivity contribution is -0.393. The molecule has 5 aliphatic carbocycles. The fourth-order valence-corrected chi connectivity index (χ4v) is 14.9. The van der Waals surface area contributed by atoms with Crippen molar-refractivity contribution in [1.82, 2.24) is 0 Å². The Hall–Kier alpha value is -1.43. The van der Waals surface area contributed by atoms with Crippen molar-refractivity contribution in [1.29, 1.82) is 0 Å². The molecule has 0 spiro atoms. The highest BCUT2D eigenvalue weighted by atomic mass is 16.8. The molecule has 18 heteroatoms. The number of carboxylic acids is 1. The van der Waals surface area contributed by atoms with Gasteiger partial charge < -0.3 is 84.6 Å². The van der Waals surface area contributed by atoms with Gasteiger partial charge in [0.25, 0.3) is 0 Å². The van der Waals surface area contributed by atoms with Crippen LogP contribution in [0.3, 0.4) is 0 Å². The van der Waals surface area contributed by atoms with Crippen molar-refractivity contribution < 1.29 is 89.4 Å². The summed E-state index contributed by atoms with van der Waals surface area (Å²) in [6.07, 6.45) is -16.3. The summed E-state index contributed by atoms with van der Waals surface area (Å²) in [7, 11) is 0. The van der Waals surface area contributed by atoms with E-state index in [1.807, 2.05) is 6.92 Å². The average molecular weight is 929 g/mol. The van der Waals surface area contributed by atoms with Gasteiger partial charge in [0.05, 0.1) is 32.0 Å². The molecule has 11 N–H and O–H groups in total. The summed E-state index contributed by atoms with van der Waals surface area (Å²) in [5, 5.41) is 119. The average Bonchev–Trinajstić information content (AvgIpc) is 3.24. The molecule has 0 aromatic rings. The second-order valence-electron chi connectivity index (χ2n) is 23.2. The molecular weight excluding hydrogens is 852 g/mol. The van der Waals surface area contributed by atoms with Crippen molar-refractivity contribution in [3.63, 3.8) is 0 Å². The van der Waals surface area contributed by atoms with Crippen LogP contribution in [-0.2, 0) is 33.2 Å². The quantitative estimate of drug-likeness (QED) is 0.110. The Kier molecular flexibility index (Phi) is 13.4. The molecule has 0 aromatic carbocycles. The first-order valence-corrected chi connectivity index (χ1v) is 23.8. The fourth-order valence-electron chi connectivity index (χ4n) is 14.9. The summed E-state index contributed by atoms with van der Waals surface area (Å²) in [5.41, 5.74) is -0.0422. The highest BCUT2D eigenvalue weighted by Crippen LogP contribution is 2.76. The molecule has 3 saturated heterocycles. The van der Waals surface area contributed by atoms with Gasteiger partial charge in [-0.1, -0.05) is 60.1 Å². The van der Waals surface area contributed by atoms with Gasteiger partial charge in [-0.3, -0.25) is 0 Å². The maximum Gasteiger partial charge on any atom is 0.335 e. The summed E-state index contributed by atoms with van der Waals surface area (Å²) in [6.45, 7) is 14.4. The minimum absolute atomic E-state index is 0.0177. The van der Waals surface area contributed by atoms with Gasteiger partial charge in [0.2, 0.25) is 0 Å². The third-order valence-corrected chi connectivity index (χ3v) is 19.1. The number of aliphatic hydroxyl groups is 10. The number of allylic oxidation sites excluding steroid dienone is 2. The Balaban J connectivity index is 1.07. The monoisotopic (exact) mass is 929 g/mol. The molecule has 7 fully saturated rings. The summed E-state index contributed by atoms with van der Waals surface area (Å²) >= 11 is 0. The van der Waals surface area contributed by atoms with Crippen molar-refractivity contribution in [2.24, 2.45) is 50.2 Å². The molecule has 8 aliphatic rings. The topological polar surface area (TPSA) is 295 Å². The molecule has 0 amide bonds. The lowest BCUT2D eigenvalue weighted by Crippen LogP contribution is -2.68. The van der Waals surface area contributed by atoms with E-state index in [9.17, 15) is 61.0 Å². The molecule has 0 bridgehead atoms. The van der Waals surface area contributed by atoms with E-state index in [1.54, 1.807) is 0 Å². The first-order valence-electron chi connectivity index (χ1n) is 23.8. The van der Waals surface area contributed by atoms with E-state index in [-0.39, 0.29) is 57.5 Å². The molecule has 24 atom stereocenters. The summed E-state index contributed by atoms with van der Waals surface area (Å²) in [5.74, 6) is -1.15. The van der Waals surface area contributed by atoms with Crippen molar-refractivity contribution in [2.45, 2.75) is 204 Å². The van der Waals surface area contributed by atoms with Crippen LogP contribution in [0.5, 0.6) is 0 Å². The van der Waals surface area contributed by atoms with Crippen LogP contribution in [0.2, 0.25) is 0 Å². The second kappa shape index (κ2) is 17.5. The van der Waals surface area contributed by atoms with E-state index >= 15 is 0 Å². The molecule has 372 valence electrons. The largest absolute Gasteiger partial charge is 0.479 e. The molecule has 3 aliphatic heterocycles. The van der Waals surface area contributed by atoms with E-state index in [2.05, 4.69) is 47.6 Å². The molecule has 65 heavy (non-hydrogen) atoms. The Bertz CT molecular complexity index is 1780. The van der Waals surface area contributed by atoms with Crippen LogP contribution < -0.4 is 0 Å². The first kappa shape index (κ1) is 50.0. The van der Waals surface area contributed by atoms with Crippen LogP contribution in [0.25, 0.3) is 0 Å². The molecule has 8 rings (SSSR count). The highest BCUT2D eigenvalue weighted by Gasteiger charge is 2.70. The summed E-state index contributed by atoms with van der Waals surface area (Å²) in [6, 6.07) is 0. The van der Waals surface area contributed by atoms with E-state index < -0.39 is 117 Å². The van der Waals surface area contributed by atoms with E-state index in [4.69, 9.17) is 28.4 Å². The number of aliphatic hydroxyl groups excluding tert-OH is 10. The van der Waals surface area contributed by atoms with Crippen molar-refractivity contribution in [3.8, 4) is 0 Å². The molecule has 18 nitrogen and oxygen atoms in total. The molecular formula is C47H76O18. The van der Waals surface area contributed by atoms with Crippen molar-refractivity contribution in [3.05, 3.63) is 11.6 Å². The Morgan fingerprint density at radius 2 is 1.34 bits per heavy atom. The van der Waals surface area contributed by atoms with Crippen molar-refractivity contribution in [2.75, 3.05) is 19.8 Å². The van der Waals surface area contributed by atoms with Gasteiger partial charge in [-0.15, -0.1) is 0 Å². The van der Waals surface area contributed by atoms with Gasteiger partial charge in [-0.05, 0) is 97.2 Å². The van der Waals surface area contributed by atoms with Gasteiger partial charge in [-0.2, -0.15) is 0 Å². The first-order chi connectivity index (χ1) is 30.3. The Morgan fingerprint density at radius 1 is 0.692 bits per heavy atom. The normalized spacial score (nSPS) is 55.5. The van der Waals surface area contributed by atoms with Crippen molar-refractivity contribution >= 4 is 5.97 Å². The molecule has 4 saturated carbocycles. The van der Waals surface area contributed by atoms with Crippen LogP contribution in [-0.4, -0.2) is 180 Å². The van der Waals surface area contributed by atoms with Gasteiger partial charge in [0.1, 0.15) is 61.0 Å². The number of hydrogen-bond donors (Lipinski definition) is 11. The third kappa shape index (κ3) is 7.80. The zero-order valence-electron chi connectivity index (χ0n) is 38.8. The number of ether oxygens (including phenoxy) is 6. The minimum atomic E-state index is -2.06. The molecule has 0 aromatic heterocycles. The maximum absolute atomic E-state index is 12.4. The van der Waals surface area contributed by atoms with Crippen LogP contribution in [0.15, 0.2) is 11.6 Å². The zero-order chi connectivity index (χ0) is 47.6. The molecule has 24 unspecified atom stereocenters. The van der Waals surface area contributed by atoms with E-state index in [1.165, 1.54) is 5.57 Å². The number of carbonyl (C=O) groups is 1. The smallest absolute Gasteiger partial charge is 0.335 e. The predicted octanol–water partition coefficient (Wildman–Crippen LogP) is 0.316. The van der Waals surface area contributed by atoms with Crippen LogP contribution in [0, 0.1) is 50.2 Å². The molecule has 0 radical (unpaired) electrons. The summed E-state index contributed by atoms with van der Waals surface area (Å²) in [4.78, 5) is 12.4. The Labute approximate surface area is 380 Å². The number of aliphatic carboxylic acids is 1. The number of rotatable bonds is 9. The number of carboxylic acid groups (broad SMARTS) is 1. The van der Waals surface area contributed by atoms with Gasteiger partial charge in [0, 0.05) is 10.8 Å². The van der Waals surface area contributed by atoms with E-state index in [0.29, 0.717) is 12.8 Å². The number of hydrogen-bond acceptors (Lipinski definition) is 17. The summed E-state index contributed by atoms with van der Waals surface area (Å²) < 4.78 is 35.8. The SMILES string of the molecule is CC1(C)CC(O)C2(C)CCC3(C)C(=CCC4C5(C)CCC(OC6OC(C(=O)O)C(O)C(O)C6OC6OC(CO)C(O)C(O)C6OC6OCC(O)C(O)C6O)C(C)(CO)C5CCC43C)C2C1. The number of fused-ring (bicyclic) bond motifs is 7. The maximum atomic E-state index is 12.4. The Morgan fingerprint density at radius 3 is 1.98 bits per heavy atom. The lowest BCUT2D eigenvalue weighted by Gasteiger charge is -2.72. The fraction of sp³-hybridized carbons (Fsp3) is 0.936.